The Labute approximate surface area is 105 Å². The van der Waals surface area contributed by atoms with E-state index >= 15 is 0 Å². The number of aromatic nitrogens is 1. The molecule has 0 aliphatic heterocycles. The molecule has 1 aromatic heterocycles. The van der Waals surface area contributed by atoms with Gasteiger partial charge in [-0.25, -0.2) is 0 Å². The molecule has 0 bridgehead atoms. The van der Waals surface area contributed by atoms with Crippen molar-refractivity contribution in [1.29, 1.82) is 0 Å². The van der Waals surface area contributed by atoms with Gasteiger partial charge < -0.3 is 14.6 Å². The highest BCUT2D eigenvalue weighted by molar-refractivity contribution is 5.10. The summed E-state index contributed by atoms with van der Waals surface area (Å²) in [5.74, 6) is 0. The minimum atomic E-state index is 0.181. The lowest BCUT2D eigenvalue weighted by molar-refractivity contribution is 0.191. The van der Waals surface area contributed by atoms with Crippen LogP contribution in [0.2, 0.25) is 0 Å². The fourth-order valence-electron chi connectivity index (χ4n) is 1.64. The lowest BCUT2D eigenvalue weighted by atomic mass is 10.1. The monoisotopic (exact) mass is 238 g/mol. The van der Waals surface area contributed by atoms with Gasteiger partial charge in [-0.3, -0.25) is 0 Å². The van der Waals surface area contributed by atoms with Crippen LogP contribution >= 0.6 is 0 Å². The Morgan fingerprint density at radius 2 is 2.06 bits per heavy atom. The molecular formula is C14H26N2O. The van der Waals surface area contributed by atoms with Crippen molar-refractivity contribution in [2.24, 2.45) is 0 Å². The van der Waals surface area contributed by atoms with Crippen LogP contribution in [-0.2, 0) is 17.8 Å². The highest BCUT2D eigenvalue weighted by atomic mass is 16.5. The minimum absolute atomic E-state index is 0.181. The predicted molar refractivity (Wildman–Crippen MR) is 72.1 cm³/mol. The fourth-order valence-corrected chi connectivity index (χ4v) is 1.64. The minimum Gasteiger partial charge on any atom is -0.385 e. The molecule has 0 aliphatic carbocycles. The molecule has 17 heavy (non-hydrogen) atoms. The predicted octanol–water partition coefficient (Wildman–Crippen LogP) is 2.80. The molecule has 0 spiro atoms. The van der Waals surface area contributed by atoms with E-state index in [4.69, 9.17) is 4.74 Å². The molecule has 1 rings (SSSR count). The Kier molecular flexibility index (Phi) is 5.72. The summed E-state index contributed by atoms with van der Waals surface area (Å²) in [6.07, 6.45) is 6.69. The zero-order chi connectivity index (χ0) is 12.7. The molecule has 98 valence electrons. The Balaban J connectivity index is 2.28. The van der Waals surface area contributed by atoms with Gasteiger partial charge in [-0.05, 0) is 45.2 Å². The maximum Gasteiger partial charge on any atom is 0.0462 e. The number of methoxy groups -OCH3 is 1. The highest BCUT2D eigenvalue weighted by Gasteiger charge is 2.08. The molecule has 0 unspecified atom stereocenters. The van der Waals surface area contributed by atoms with Crippen LogP contribution in [0.15, 0.2) is 18.5 Å². The third-order valence-corrected chi connectivity index (χ3v) is 2.65. The van der Waals surface area contributed by atoms with E-state index in [0.717, 1.165) is 26.1 Å². The number of aryl methyl sites for hydroxylation is 1. The molecule has 3 nitrogen and oxygen atoms in total. The molecule has 0 saturated heterocycles. The number of ether oxygens (including phenoxy) is 1. The second-order valence-electron chi connectivity index (χ2n) is 5.56. The first-order valence-corrected chi connectivity index (χ1v) is 6.40. The summed E-state index contributed by atoms with van der Waals surface area (Å²) in [6, 6.07) is 2.19. The van der Waals surface area contributed by atoms with Gasteiger partial charge in [0, 0.05) is 44.7 Å². The van der Waals surface area contributed by atoms with Gasteiger partial charge in [-0.1, -0.05) is 0 Å². The summed E-state index contributed by atoms with van der Waals surface area (Å²) in [5, 5.41) is 3.49. The summed E-state index contributed by atoms with van der Waals surface area (Å²) in [4.78, 5) is 0. The largest absolute Gasteiger partial charge is 0.385 e. The van der Waals surface area contributed by atoms with Crippen molar-refractivity contribution < 1.29 is 4.74 Å². The van der Waals surface area contributed by atoms with Gasteiger partial charge in [-0.2, -0.15) is 0 Å². The Hall–Kier alpha value is -0.800. The van der Waals surface area contributed by atoms with Crippen LogP contribution in [0.5, 0.6) is 0 Å². The number of hydrogen-bond acceptors (Lipinski definition) is 2. The van der Waals surface area contributed by atoms with Gasteiger partial charge in [0.1, 0.15) is 0 Å². The van der Waals surface area contributed by atoms with E-state index in [9.17, 15) is 0 Å². The lowest BCUT2D eigenvalue weighted by Gasteiger charge is -2.19. The standard InChI is InChI=1S/C14H26N2O/c1-14(2,3)15-11-13-7-9-16(12-13)8-5-6-10-17-4/h7,9,12,15H,5-6,8,10-11H2,1-4H3. The van der Waals surface area contributed by atoms with E-state index in [2.05, 4.69) is 49.1 Å². The summed E-state index contributed by atoms with van der Waals surface area (Å²) >= 11 is 0. The summed E-state index contributed by atoms with van der Waals surface area (Å²) in [7, 11) is 1.76. The quantitative estimate of drug-likeness (QED) is 0.739. The SMILES string of the molecule is COCCCCn1ccc(CNC(C)(C)C)c1. The molecule has 0 saturated carbocycles. The van der Waals surface area contributed by atoms with Crippen LogP contribution in [0.1, 0.15) is 39.2 Å². The van der Waals surface area contributed by atoms with Crippen LogP contribution < -0.4 is 5.32 Å². The van der Waals surface area contributed by atoms with Crippen LogP contribution in [0, 0.1) is 0 Å². The van der Waals surface area contributed by atoms with Gasteiger partial charge in [0.25, 0.3) is 0 Å². The van der Waals surface area contributed by atoms with Gasteiger partial charge in [-0.15, -0.1) is 0 Å². The smallest absolute Gasteiger partial charge is 0.0462 e. The van der Waals surface area contributed by atoms with Crippen LogP contribution in [0.4, 0.5) is 0 Å². The summed E-state index contributed by atoms with van der Waals surface area (Å²) in [5.41, 5.74) is 1.53. The lowest BCUT2D eigenvalue weighted by Crippen LogP contribution is -2.34. The maximum absolute atomic E-state index is 5.04. The molecule has 0 aliphatic rings. The Morgan fingerprint density at radius 3 is 2.71 bits per heavy atom. The van der Waals surface area contributed by atoms with Crippen molar-refractivity contribution in [3.05, 3.63) is 24.0 Å². The van der Waals surface area contributed by atoms with E-state index in [0.29, 0.717) is 0 Å². The van der Waals surface area contributed by atoms with Crippen LogP contribution in [0.25, 0.3) is 0 Å². The number of unbranched alkanes of at least 4 members (excludes halogenated alkanes) is 1. The molecule has 0 radical (unpaired) electrons. The van der Waals surface area contributed by atoms with E-state index in [1.54, 1.807) is 7.11 Å². The third-order valence-electron chi connectivity index (χ3n) is 2.65. The van der Waals surface area contributed by atoms with E-state index in [1.807, 2.05) is 0 Å². The van der Waals surface area contributed by atoms with E-state index in [-0.39, 0.29) is 5.54 Å². The van der Waals surface area contributed by atoms with Crippen molar-refractivity contribution in [2.75, 3.05) is 13.7 Å². The summed E-state index contributed by atoms with van der Waals surface area (Å²) < 4.78 is 7.30. The molecule has 1 N–H and O–H groups in total. The van der Waals surface area contributed by atoms with Crippen LogP contribution in [-0.4, -0.2) is 23.8 Å². The molecule has 3 heteroatoms. The van der Waals surface area contributed by atoms with Crippen molar-refractivity contribution in [1.82, 2.24) is 9.88 Å². The van der Waals surface area contributed by atoms with Crippen molar-refractivity contribution in [3.8, 4) is 0 Å². The number of nitrogens with one attached hydrogen (secondary N) is 1. The Morgan fingerprint density at radius 1 is 1.29 bits per heavy atom. The second kappa shape index (κ2) is 6.82. The second-order valence-corrected chi connectivity index (χ2v) is 5.56. The highest BCUT2D eigenvalue weighted by Crippen LogP contribution is 2.06. The van der Waals surface area contributed by atoms with E-state index in [1.165, 1.54) is 12.0 Å². The Bertz CT molecular complexity index is 312. The van der Waals surface area contributed by atoms with Crippen LogP contribution in [0.3, 0.4) is 0 Å². The fraction of sp³-hybridized carbons (Fsp3) is 0.714. The summed E-state index contributed by atoms with van der Waals surface area (Å²) in [6.45, 7) is 9.45. The van der Waals surface area contributed by atoms with Gasteiger partial charge in [0.05, 0.1) is 0 Å². The topological polar surface area (TPSA) is 26.2 Å². The van der Waals surface area contributed by atoms with Gasteiger partial charge in [0.2, 0.25) is 0 Å². The number of hydrogen-bond donors (Lipinski definition) is 1. The molecule has 1 aromatic rings. The van der Waals surface area contributed by atoms with Crippen molar-refractivity contribution in [3.63, 3.8) is 0 Å². The number of rotatable bonds is 7. The maximum atomic E-state index is 5.04. The average molecular weight is 238 g/mol. The van der Waals surface area contributed by atoms with Crippen molar-refractivity contribution >= 4 is 0 Å². The molecule has 0 amide bonds. The number of nitrogens with zero attached hydrogens (tertiary/aromatic N) is 1. The molecule has 0 atom stereocenters. The molecular weight excluding hydrogens is 212 g/mol. The first-order valence-electron chi connectivity index (χ1n) is 6.40. The first-order chi connectivity index (χ1) is 8.01. The van der Waals surface area contributed by atoms with Gasteiger partial charge in [0.15, 0.2) is 0 Å². The van der Waals surface area contributed by atoms with E-state index < -0.39 is 0 Å². The zero-order valence-corrected chi connectivity index (χ0v) is 11.6. The normalized spacial score (nSPS) is 12.0. The third kappa shape index (κ3) is 6.49. The molecule has 0 aromatic carbocycles. The van der Waals surface area contributed by atoms with Crippen molar-refractivity contribution in [2.45, 2.75) is 52.2 Å². The first kappa shape index (κ1) is 14.3. The average Bonchev–Trinajstić information content (AvgIpc) is 2.69. The molecule has 1 heterocycles. The molecule has 0 fully saturated rings. The van der Waals surface area contributed by atoms with Gasteiger partial charge >= 0.3 is 0 Å². The zero-order valence-electron chi connectivity index (χ0n) is 11.6.